The van der Waals surface area contributed by atoms with Crippen LogP contribution in [0.25, 0.3) is 0 Å². The molecule has 2 N–H and O–H groups in total. The molecule has 1 aromatic heterocycles. The minimum absolute atomic E-state index is 0.174. The van der Waals surface area contributed by atoms with Gasteiger partial charge in [0.1, 0.15) is 0 Å². The van der Waals surface area contributed by atoms with E-state index in [1.807, 2.05) is 27.7 Å². The highest BCUT2D eigenvalue weighted by molar-refractivity contribution is 5.77. The Labute approximate surface area is 93.2 Å². The Morgan fingerprint density at radius 2 is 1.94 bits per heavy atom. The zero-order valence-corrected chi connectivity index (χ0v) is 9.79. The minimum Gasteiger partial charge on any atom is -0.375 e. The number of hydroxylamine groups is 3. The Bertz CT molecular complexity index is 435. The second kappa shape index (κ2) is 2.94. The first kappa shape index (κ1) is 10.9. The Balaban J connectivity index is 2.59. The quantitative estimate of drug-likeness (QED) is 0.486. The van der Waals surface area contributed by atoms with Crippen LogP contribution in [0.2, 0.25) is 0 Å². The van der Waals surface area contributed by atoms with Crippen molar-refractivity contribution in [3.8, 4) is 0 Å². The summed E-state index contributed by atoms with van der Waals surface area (Å²) in [6.45, 7) is 7.33. The van der Waals surface area contributed by atoms with E-state index >= 15 is 0 Å². The summed E-state index contributed by atoms with van der Waals surface area (Å²) in [6.07, 6.45) is 2.76. The number of hydrogen-bond acceptors (Lipinski definition) is 5. The van der Waals surface area contributed by atoms with Crippen LogP contribution in [0.15, 0.2) is 12.7 Å². The summed E-state index contributed by atoms with van der Waals surface area (Å²) in [6, 6.07) is 0. The van der Waals surface area contributed by atoms with Crippen molar-refractivity contribution in [1.29, 1.82) is 0 Å². The van der Waals surface area contributed by atoms with Crippen LogP contribution in [0.1, 0.15) is 27.7 Å². The van der Waals surface area contributed by atoms with Crippen LogP contribution in [-0.2, 0) is 0 Å². The average molecular weight is 226 g/mol. The Kier molecular flexibility index (Phi) is 2.00. The summed E-state index contributed by atoms with van der Waals surface area (Å²) in [5, 5.41) is 25.1. The summed E-state index contributed by atoms with van der Waals surface area (Å²) >= 11 is 0. The average Bonchev–Trinajstić information content (AvgIpc) is 2.73. The molecule has 7 nitrogen and oxygen atoms in total. The van der Waals surface area contributed by atoms with Crippen molar-refractivity contribution in [2.75, 3.05) is 0 Å². The van der Waals surface area contributed by atoms with Crippen LogP contribution in [0, 0.1) is 0 Å². The lowest BCUT2D eigenvalue weighted by Crippen LogP contribution is -2.54. The second-order valence-corrected chi connectivity index (χ2v) is 4.88. The van der Waals surface area contributed by atoms with E-state index < -0.39 is 11.1 Å². The highest BCUT2D eigenvalue weighted by atomic mass is 16.5. The molecule has 0 atom stereocenters. The molecular weight excluding hydrogens is 210 g/mol. The molecule has 0 aromatic carbocycles. The first-order valence-electron chi connectivity index (χ1n) is 5.00. The summed E-state index contributed by atoms with van der Waals surface area (Å²) in [5.41, 5.74) is -1.30. The first-order valence-corrected chi connectivity index (χ1v) is 5.00. The lowest BCUT2D eigenvalue weighted by molar-refractivity contribution is -0.821. The molecule has 2 rings (SSSR count). The standard InChI is InChI=1S/C9H16N5O2/c1-8(2)9(3,4)14(16)7(13(8)15)12-6-10-5-11-12/h5-6,15-16H,1-4H3/q+1. The van der Waals surface area contributed by atoms with Crippen molar-refractivity contribution in [3.63, 3.8) is 0 Å². The number of nitrogens with zero attached hydrogens (tertiary/aromatic N) is 5. The van der Waals surface area contributed by atoms with Crippen molar-refractivity contribution in [2.45, 2.75) is 38.8 Å². The van der Waals surface area contributed by atoms with Gasteiger partial charge in [0, 0.05) is 0 Å². The van der Waals surface area contributed by atoms with Gasteiger partial charge in [-0.3, -0.25) is 0 Å². The summed E-state index contributed by atoms with van der Waals surface area (Å²) in [7, 11) is 0. The van der Waals surface area contributed by atoms with Crippen molar-refractivity contribution in [3.05, 3.63) is 12.7 Å². The second-order valence-electron chi connectivity index (χ2n) is 4.88. The molecule has 0 saturated carbocycles. The smallest absolute Gasteiger partial charge is 0.375 e. The molecule has 0 saturated heterocycles. The van der Waals surface area contributed by atoms with Gasteiger partial charge in [0.2, 0.25) is 0 Å². The fourth-order valence-corrected chi connectivity index (χ4v) is 1.61. The highest BCUT2D eigenvalue weighted by Gasteiger charge is 2.61. The first-order chi connectivity index (χ1) is 7.30. The number of aromatic nitrogens is 3. The molecule has 7 heteroatoms. The Morgan fingerprint density at radius 3 is 2.31 bits per heavy atom. The number of rotatable bonds is 0. The van der Waals surface area contributed by atoms with Gasteiger partial charge < -0.3 is 5.21 Å². The van der Waals surface area contributed by atoms with Gasteiger partial charge in [0.25, 0.3) is 0 Å². The molecule has 1 aliphatic rings. The van der Waals surface area contributed by atoms with Gasteiger partial charge in [-0.15, -0.1) is 5.06 Å². The molecular formula is C9H16N5O2+. The fraction of sp³-hybridized carbons (Fsp3) is 0.667. The van der Waals surface area contributed by atoms with Crippen molar-refractivity contribution in [2.24, 2.45) is 0 Å². The predicted octanol–water partition coefficient (Wildman–Crippen LogP) is 0.146. The maximum atomic E-state index is 10.1. The molecule has 1 aliphatic heterocycles. The van der Waals surface area contributed by atoms with Gasteiger partial charge in [0.15, 0.2) is 23.7 Å². The maximum absolute atomic E-state index is 10.1. The van der Waals surface area contributed by atoms with Gasteiger partial charge in [-0.25, -0.2) is 10.2 Å². The largest absolute Gasteiger partial charge is 0.446 e. The Morgan fingerprint density at radius 1 is 1.31 bits per heavy atom. The number of hydrogen-bond donors (Lipinski definition) is 2. The van der Waals surface area contributed by atoms with Gasteiger partial charge in [-0.2, -0.15) is 0 Å². The van der Waals surface area contributed by atoms with Crippen molar-refractivity contribution in [1.82, 2.24) is 19.8 Å². The van der Waals surface area contributed by atoms with E-state index in [0.717, 1.165) is 9.80 Å². The molecule has 0 fully saturated rings. The van der Waals surface area contributed by atoms with Crippen LogP contribution in [0.5, 0.6) is 0 Å². The molecule has 2 heterocycles. The third kappa shape index (κ3) is 1.09. The minimum atomic E-state index is -0.650. The van der Waals surface area contributed by atoms with E-state index in [2.05, 4.69) is 10.1 Å². The monoisotopic (exact) mass is 226 g/mol. The third-order valence-electron chi connectivity index (χ3n) is 3.56. The van der Waals surface area contributed by atoms with Crippen molar-refractivity contribution < 1.29 is 15.2 Å². The molecule has 0 unspecified atom stereocenters. The molecule has 88 valence electrons. The molecule has 0 aliphatic carbocycles. The molecule has 1 aromatic rings. The van der Waals surface area contributed by atoms with Crippen LogP contribution in [0.3, 0.4) is 0 Å². The molecule has 0 radical (unpaired) electrons. The van der Waals surface area contributed by atoms with Gasteiger partial charge in [-0.05, 0) is 27.7 Å². The zero-order valence-electron chi connectivity index (χ0n) is 9.79. The van der Waals surface area contributed by atoms with E-state index in [4.69, 9.17) is 0 Å². The highest BCUT2D eigenvalue weighted by Crippen LogP contribution is 2.34. The molecule has 0 bridgehead atoms. The van der Waals surface area contributed by atoms with Crippen LogP contribution < -0.4 is 0 Å². The normalized spacial score (nSPS) is 22.9. The van der Waals surface area contributed by atoms with Crippen LogP contribution in [0.4, 0.5) is 0 Å². The lowest BCUT2D eigenvalue weighted by atomic mass is 9.84. The van der Waals surface area contributed by atoms with E-state index in [1.54, 1.807) is 0 Å². The lowest BCUT2D eigenvalue weighted by Gasteiger charge is -2.31. The van der Waals surface area contributed by atoms with E-state index in [0.29, 0.717) is 0 Å². The Hall–Kier alpha value is -1.63. The maximum Gasteiger partial charge on any atom is 0.446 e. The van der Waals surface area contributed by atoms with E-state index in [1.165, 1.54) is 17.3 Å². The molecule has 16 heavy (non-hydrogen) atoms. The molecule has 0 amide bonds. The van der Waals surface area contributed by atoms with Crippen LogP contribution in [-0.4, -0.2) is 52.0 Å². The van der Waals surface area contributed by atoms with Crippen molar-refractivity contribution >= 4 is 5.96 Å². The van der Waals surface area contributed by atoms with Crippen LogP contribution >= 0.6 is 0 Å². The molecule has 0 spiro atoms. The topological polar surface area (TPSA) is 77.4 Å². The van der Waals surface area contributed by atoms with Gasteiger partial charge >= 0.3 is 5.96 Å². The van der Waals surface area contributed by atoms with Gasteiger partial charge in [0.05, 0.1) is 0 Å². The predicted molar refractivity (Wildman–Crippen MR) is 54.3 cm³/mol. The summed E-state index contributed by atoms with van der Waals surface area (Å²) in [4.78, 5) is 3.79. The third-order valence-corrected chi connectivity index (χ3v) is 3.56. The fourth-order valence-electron chi connectivity index (χ4n) is 1.61. The summed E-state index contributed by atoms with van der Waals surface area (Å²) < 4.78 is 2.32. The zero-order chi connectivity index (χ0) is 12.1. The van der Waals surface area contributed by atoms with E-state index in [9.17, 15) is 10.4 Å². The van der Waals surface area contributed by atoms with E-state index in [-0.39, 0.29) is 5.96 Å². The summed E-state index contributed by atoms with van der Waals surface area (Å²) in [5.74, 6) is 0.174. The van der Waals surface area contributed by atoms with Gasteiger partial charge in [-0.1, -0.05) is 14.5 Å². The SMILES string of the molecule is CC1(C)N(O)C(n2cncn2)=[N+](O)C1(C)C.